The van der Waals surface area contributed by atoms with E-state index < -0.39 is 0 Å². The molecule has 0 saturated carbocycles. The maximum Gasteiger partial charge on any atom is 0.0561 e. The summed E-state index contributed by atoms with van der Waals surface area (Å²) in [5.74, 6) is 0. The van der Waals surface area contributed by atoms with Gasteiger partial charge < -0.3 is 9.47 Å². The van der Waals surface area contributed by atoms with Gasteiger partial charge >= 0.3 is 0 Å². The average molecular weight is 765 g/mol. The molecule has 0 saturated heterocycles. The van der Waals surface area contributed by atoms with Crippen LogP contribution in [0.15, 0.2) is 243 Å². The maximum atomic E-state index is 2.42. The Labute approximate surface area is 350 Å². The molecule has 0 spiro atoms. The summed E-state index contributed by atoms with van der Waals surface area (Å²) in [6.07, 6.45) is 0. The molecule has 0 atom stereocenters. The lowest BCUT2D eigenvalue weighted by molar-refractivity contribution is 1.18. The molecule has 0 radical (unpaired) electrons. The number of benzene rings is 10. The quantitative estimate of drug-likeness (QED) is 0.150. The fraction of sp³-hybridized carbons (Fsp3) is 0. The minimum absolute atomic E-state index is 1.08. The van der Waals surface area contributed by atoms with Crippen LogP contribution < -0.4 is 4.90 Å². The fourth-order valence-electron chi connectivity index (χ4n) is 9.02. The Balaban J connectivity index is 1.13. The highest BCUT2D eigenvalue weighted by Gasteiger charge is 2.20. The minimum atomic E-state index is 1.08. The molecule has 0 unspecified atom stereocenters. The third-order valence-corrected chi connectivity index (χ3v) is 11.8. The number of rotatable bonds is 8. The summed E-state index contributed by atoms with van der Waals surface area (Å²) in [4.78, 5) is 2.42. The number of aromatic nitrogens is 1. The van der Waals surface area contributed by atoms with Gasteiger partial charge in [0.15, 0.2) is 0 Å². The van der Waals surface area contributed by atoms with E-state index in [1.54, 1.807) is 0 Å². The Morgan fingerprint density at radius 2 is 0.767 bits per heavy atom. The molecule has 1 heterocycles. The summed E-state index contributed by atoms with van der Waals surface area (Å²) in [5.41, 5.74) is 16.3. The number of hydrogen-bond acceptors (Lipinski definition) is 1. The summed E-state index contributed by atoms with van der Waals surface area (Å²) in [5, 5.41) is 4.94. The van der Waals surface area contributed by atoms with Gasteiger partial charge in [-0.05, 0) is 110 Å². The summed E-state index contributed by atoms with van der Waals surface area (Å²) < 4.78 is 2.40. The van der Waals surface area contributed by atoms with Crippen LogP contribution in [0.5, 0.6) is 0 Å². The molecule has 11 rings (SSSR count). The molecule has 11 aromatic rings. The predicted molar refractivity (Wildman–Crippen MR) is 255 cm³/mol. The first-order chi connectivity index (χ1) is 29.8. The Morgan fingerprint density at radius 1 is 0.267 bits per heavy atom. The fourth-order valence-corrected chi connectivity index (χ4v) is 9.02. The zero-order chi connectivity index (χ0) is 39.8. The molecule has 0 aliphatic carbocycles. The lowest BCUT2D eigenvalue weighted by atomic mass is 9.90. The monoisotopic (exact) mass is 764 g/mol. The maximum absolute atomic E-state index is 2.42. The zero-order valence-electron chi connectivity index (χ0n) is 33.0. The first-order valence-electron chi connectivity index (χ1n) is 20.6. The van der Waals surface area contributed by atoms with E-state index in [1.807, 2.05) is 0 Å². The molecule has 0 aliphatic heterocycles. The molecule has 2 nitrogen and oxygen atoms in total. The van der Waals surface area contributed by atoms with Crippen LogP contribution >= 0.6 is 0 Å². The molecule has 0 bridgehead atoms. The number of hydrogen-bond donors (Lipinski definition) is 0. The molecular formula is C58H40N2. The van der Waals surface area contributed by atoms with E-state index in [0.717, 1.165) is 28.3 Å². The van der Waals surface area contributed by atoms with E-state index >= 15 is 0 Å². The molecule has 1 aromatic heterocycles. The third kappa shape index (κ3) is 6.23. The van der Waals surface area contributed by atoms with Gasteiger partial charge in [-0.15, -0.1) is 0 Å². The summed E-state index contributed by atoms with van der Waals surface area (Å²) in [6, 6.07) is 87.9. The largest absolute Gasteiger partial charge is 0.310 e. The topological polar surface area (TPSA) is 8.17 Å². The van der Waals surface area contributed by atoms with Crippen molar-refractivity contribution in [3.63, 3.8) is 0 Å². The van der Waals surface area contributed by atoms with Crippen LogP contribution in [0.25, 0.3) is 82.8 Å². The highest BCUT2D eigenvalue weighted by Crippen LogP contribution is 2.44. The molecule has 0 aliphatic rings. The second-order valence-corrected chi connectivity index (χ2v) is 15.3. The van der Waals surface area contributed by atoms with Gasteiger partial charge in [0, 0.05) is 33.5 Å². The number of fused-ring (bicyclic) bond motifs is 4. The van der Waals surface area contributed by atoms with Gasteiger partial charge in [-0.3, -0.25) is 0 Å². The van der Waals surface area contributed by atoms with Gasteiger partial charge in [0.1, 0.15) is 0 Å². The van der Waals surface area contributed by atoms with Crippen molar-refractivity contribution in [2.45, 2.75) is 0 Å². The van der Waals surface area contributed by atoms with Crippen LogP contribution in [0.3, 0.4) is 0 Å². The van der Waals surface area contributed by atoms with E-state index in [1.165, 1.54) is 71.6 Å². The molecule has 0 fully saturated rings. The first-order valence-corrected chi connectivity index (χ1v) is 20.6. The van der Waals surface area contributed by atoms with Gasteiger partial charge in [0.05, 0.1) is 11.0 Å². The second-order valence-electron chi connectivity index (χ2n) is 15.3. The van der Waals surface area contributed by atoms with Gasteiger partial charge in [-0.25, -0.2) is 0 Å². The molecule has 2 heteroatoms. The van der Waals surface area contributed by atoms with E-state index in [-0.39, 0.29) is 0 Å². The van der Waals surface area contributed by atoms with Crippen molar-refractivity contribution in [1.29, 1.82) is 0 Å². The lowest BCUT2D eigenvalue weighted by Crippen LogP contribution is -2.10. The third-order valence-electron chi connectivity index (χ3n) is 11.8. The molecule has 282 valence electrons. The molecule has 60 heavy (non-hydrogen) atoms. The van der Waals surface area contributed by atoms with Crippen molar-refractivity contribution in [1.82, 2.24) is 4.57 Å². The van der Waals surface area contributed by atoms with Crippen LogP contribution in [0.2, 0.25) is 0 Å². The molecule has 10 aromatic carbocycles. The van der Waals surface area contributed by atoms with Crippen LogP contribution in [-0.2, 0) is 0 Å². The van der Waals surface area contributed by atoms with Crippen molar-refractivity contribution >= 4 is 49.6 Å². The van der Waals surface area contributed by atoms with Gasteiger partial charge in [0.2, 0.25) is 0 Å². The Bertz CT molecular complexity index is 3290. The summed E-state index contributed by atoms with van der Waals surface area (Å²) in [7, 11) is 0. The van der Waals surface area contributed by atoms with Crippen molar-refractivity contribution in [2.75, 3.05) is 4.90 Å². The van der Waals surface area contributed by atoms with Crippen molar-refractivity contribution in [2.24, 2.45) is 0 Å². The second kappa shape index (κ2) is 15.1. The highest BCUT2D eigenvalue weighted by atomic mass is 15.1. The standard InChI is InChI=1S/C58H40N2/c1-4-17-41(18-5-1)49-25-12-13-26-50(49)44-31-33-46(34-32-44)59(48-36-38-55-54-28-14-15-30-57(54)60(58(55)40-48)45-23-8-3-9-24-45)47-35-37-53(56(39-47)43-19-6-2-7-20-43)52-29-16-22-42-21-10-11-27-51(42)52/h1-40H. The Hall–Kier alpha value is -7.94. The van der Waals surface area contributed by atoms with Gasteiger partial charge in [-0.2, -0.15) is 0 Å². The van der Waals surface area contributed by atoms with E-state index in [2.05, 4.69) is 252 Å². The number of nitrogens with zero attached hydrogens (tertiary/aromatic N) is 2. The van der Waals surface area contributed by atoms with Crippen molar-refractivity contribution in [3.05, 3.63) is 243 Å². The van der Waals surface area contributed by atoms with Crippen molar-refractivity contribution < 1.29 is 0 Å². The van der Waals surface area contributed by atoms with E-state index in [9.17, 15) is 0 Å². The summed E-state index contributed by atoms with van der Waals surface area (Å²) in [6.45, 7) is 0. The minimum Gasteiger partial charge on any atom is -0.310 e. The SMILES string of the molecule is c1ccc(-c2ccccc2-c2ccc(N(c3ccc(-c4cccc5ccccc45)c(-c4ccccc4)c3)c3ccc4c5ccccc5n(-c5ccccc5)c4c3)cc2)cc1. The average Bonchev–Trinajstić information content (AvgIpc) is 3.66. The molecule has 0 N–H and O–H groups in total. The Kier molecular flexibility index (Phi) is 8.87. The Morgan fingerprint density at radius 3 is 1.50 bits per heavy atom. The zero-order valence-corrected chi connectivity index (χ0v) is 33.0. The van der Waals surface area contributed by atoms with Crippen molar-refractivity contribution in [3.8, 4) is 50.2 Å². The molecular weight excluding hydrogens is 725 g/mol. The molecule has 0 amide bonds. The van der Waals surface area contributed by atoms with Crippen LogP contribution in [-0.4, -0.2) is 4.57 Å². The number of para-hydroxylation sites is 2. The summed E-state index contributed by atoms with van der Waals surface area (Å²) >= 11 is 0. The van der Waals surface area contributed by atoms with Crippen LogP contribution in [0.4, 0.5) is 17.1 Å². The van der Waals surface area contributed by atoms with Gasteiger partial charge in [0.25, 0.3) is 0 Å². The number of anilines is 3. The highest BCUT2D eigenvalue weighted by molar-refractivity contribution is 6.10. The smallest absolute Gasteiger partial charge is 0.0561 e. The van der Waals surface area contributed by atoms with Crippen LogP contribution in [0, 0.1) is 0 Å². The predicted octanol–water partition coefficient (Wildman–Crippen LogP) is 16.1. The van der Waals surface area contributed by atoms with E-state index in [4.69, 9.17) is 0 Å². The van der Waals surface area contributed by atoms with Crippen LogP contribution in [0.1, 0.15) is 0 Å². The first kappa shape index (κ1) is 35.2. The van der Waals surface area contributed by atoms with Gasteiger partial charge in [-0.1, -0.05) is 188 Å². The normalized spacial score (nSPS) is 11.3. The van der Waals surface area contributed by atoms with E-state index in [0.29, 0.717) is 0 Å². The lowest BCUT2D eigenvalue weighted by Gasteiger charge is -2.27.